The molecular weight excluding hydrogens is 234 g/mol. The van der Waals surface area contributed by atoms with Crippen LogP contribution in [-0.2, 0) is 4.57 Å². The zero-order chi connectivity index (χ0) is 11.9. The predicted molar refractivity (Wildman–Crippen MR) is 66.1 cm³/mol. The Balaban J connectivity index is 4.68. The minimum Gasteiger partial charge on any atom is -0.273 e. The van der Waals surface area contributed by atoms with Crippen molar-refractivity contribution in [1.82, 2.24) is 10.2 Å². The normalized spacial score (nSPS) is 12.9. The summed E-state index contributed by atoms with van der Waals surface area (Å²) in [4.78, 5) is 0. The Morgan fingerprint density at radius 2 is 1.47 bits per heavy atom. The van der Waals surface area contributed by atoms with Gasteiger partial charge in [0, 0.05) is 13.1 Å². The summed E-state index contributed by atoms with van der Waals surface area (Å²) >= 11 is 0. The molecule has 0 aliphatic heterocycles. The summed E-state index contributed by atoms with van der Waals surface area (Å²) in [6, 6.07) is 0. The molecule has 0 rings (SSSR count). The second kappa shape index (κ2) is 6.76. The average Bonchev–Trinajstić information content (AvgIpc) is 2.09. The molecule has 7 nitrogen and oxygen atoms in total. The highest BCUT2D eigenvalue weighted by Crippen LogP contribution is 2.43. The number of hydrogen-bond donors (Lipinski definition) is 5. The van der Waals surface area contributed by atoms with Crippen LogP contribution in [0.25, 0.3) is 0 Å². The molecule has 0 bridgehead atoms. The van der Waals surface area contributed by atoms with Gasteiger partial charge in [-0.15, -0.1) is 0 Å². The SMILES string of the molecule is CCCNP(N)(=NP(N)(N)=O)NCCC. The van der Waals surface area contributed by atoms with Gasteiger partial charge in [-0.2, -0.15) is 4.52 Å². The third-order valence-electron chi connectivity index (χ3n) is 1.49. The van der Waals surface area contributed by atoms with Crippen LogP contribution in [0, 0.1) is 0 Å². The van der Waals surface area contributed by atoms with Crippen LogP contribution < -0.4 is 26.7 Å². The van der Waals surface area contributed by atoms with Crippen molar-refractivity contribution < 1.29 is 4.57 Å². The number of nitrogens with zero attached hydrogens (tertiary/aromatic N) is 1. The maximum atomic E-state index is 11.2. The Labute approximate surface area is 91.3 Å². The number of rotatable bonds is 7. The lowest BCUT2D eigenvalue weighted by Crippen LogP contribution is -2.29. The molecule has 0 atom stereocenters. The molecule has 0 aliphatic rings. The Kier molecular flexibility index (Phi) is 6.88. The smallest absolute Gasteiger partial charge is 0.273 e. The maximum Gasteiger partial charge on any atom is 0.320 e. The van der Waals surface area contributed by atoms with Crippen LogP contribution in [0.3, 0.4) is 0 Å². The molecule has 0 saturated heterocycles. The average molecular weight is 256 g/mol. The van der Waals surface area contributed by atoms with E-state index >= 15 is 0 Å². The fourth-order valence-corrected chi connectivity index (χ4v) is 4.41. The van der Waals surface area contributed by atoms with Crippen LogP contribution in [0.4, 0.5) is 0 Å². The minimum atomic E-state index is -3.44. The van der Waals surface area contributed by atoms with Gasteiger partial charge in [-0.1, -0.05) is 13.8 Å². The molecule has 15 heavy (non-hydrogen) atoms. The minimum absolute atomic E-state index is 0.685. The van der Waals surface area contributed by atoms with E-state index in [1.807, 2.05) is 13.8 Å². The number of nitrogens with one attached hydrogen (secondary N) is 2. The van der Waals surface area contributed by atoms with E-state index in [4.69, 9.17) is 16.5 Å². The summed E-state index contributed by atoms with van der Waals surface area (Å²) < 4.78 is 15.0. The summed E-state index contributed by atoms with van der Waals surface area (Å²) in [5.74, 6) is 0. The van der Waals surface area contributed by atoms with Gasteiger partial charge in [0.25, 0.3) is 0 Å². The largest absolute Gasteiger partial charge is 0.320 e. The van der Waals surface area contributed by atoms with E-state index in [2.05, 4.69) is 14.7 Å². The first-order chi connectivity index (χ1) is 6.83. The molecule has 8 N–H and O–H groups in total. The molecule has 0 aromatic rings. The van der Waals surface area contributed by atoms with E-state index < -0.39 is 15.1 Å². The fraction of sp³-hybridized carbons (Fsp3) is 1.00. The van der Waals surface area contributed by atoms with Crippen LogP contribution in [0.2, 0.25) is 0 Å². The number of hydrogen-bond acceptors (Lipinski definition) is 1. The molecule has 0 aliphatic carbocycles. The van der Waals surface area contributed by atoms with Gasteiger partial charge in [0.15, 0.2) is 7.51 Å². The van der Waals surface area contributed by atoms with Crippen molar-refractivity contribution in [2.24, 2.45) is 21.0 Å². The van der Waals surface area contributed by atoms with Crippen molar-refractivity contribution in [3.63, 3.8) is 0 Å². The van der Waals surface area contributed by atoms with E-state index in [1.54, 1.807) is 0 Å². The lowest BCUT2D eigenvalue weighted by atomic mass is 10.5. The summed E-state index contributed by atoms with van der Waals surface area (Å²) in [6.45, 7) is 5.37. The molecule has 0 heterocycles. The molecule has 0 amide bonds. The van der Waals surface area contributed by atoms with E-state index in [1.165, 1.54) is 0 Å². The monoisotopic (exact) mass is 256 g/mol. The van der Waals surface area contributed by atoms with Gasteiger partial charge >= 0.3 is 7.59 Å². The molecule has 9 heteroatoms. The zero-order valence-electron chi connectivity index (χ0n) is 9.31. The highest BCUT2D eigenvalue weighted by Gasteiger charge is 2.17. The summed E-state index contributed by atoms with van der Waals surface area (Å²) in [5.41, 5.74) is 16.3. The Bertz CT molecular complexity index is 263. The van der Waals surface area contributed by atoms with Crippen molar-refractivity contribution in [2.45, 2.75) is 26.7 Å². The van der Waals surface area contributed by atoms with Gasteiger partial charge in [-0.05, 0) is 12.8 Å². The van der Waals surface area contributed by atoms with Crippen molar-refractivity contribution in [3.8, 4) is 0 Å². The third-order valence-corrected chi connectivity index (χ3v) is 5.15. The predicted octanol–water partition coefficient (Wildman–Crippen LogP) is 0.916. The van der Waals surface area contributed by atoms with E-state index in [0.717, 1.165) is 12.8 Å². The van der Waals surface area contributed by atoms with Gasteiger partial charge in [0.1, 0.15) is 0 Å². The second-order valence-electron chi connectivity index (χ2n) is 3.26. The van der Waals surface area contributed by atoms with Crippen LogP contribution in [0.5, 0.6) is 0 Å². The summed E-state index contributed by atoms with van der Waals surface area (Å²) in [7, 11) is -5.96. The topological polar surface area (TPSA) is 132 Å². The van der Waals surface area contributed by atoms with Crippen molar-refractivity contribution >= 4 is 15.1 Å². The number of nitrogens with two attached hydrogens (primary N) is 3. The first-order valence-corrected chi connectivity index (χ1v) is 8.53. The molecular formula is C6H22N6OP2. The van der Waals surface area contributed by atoms with Crippen molar-refractivity contribution in [3.05, 3.63) is 0 Å². The van der Waals surface area contributed by atoms with Gasteiger partial charge in [-0.25, -0.2) is 0 Å². The Morgan fingerprint density at radius 3 is 1.73 bits per heavy atom. The van der Waals surface area contributed by atoms with Crippen molar-refractivity contribution in [1.29, 1.82) is 0 Å². The highest BCUT2D eigenvalue weighted by molar-refractivity contribution is 7.70. The molecule has 92 valence electrons. The first-order valence-electron chi connectivity index (χ1n) is 4.93. The highest BCUT2D eigenvalue weighted by atomic mass is 31.2. The third kappa shape index (κ3) is 8.11. The first kappa shape index (κ1) is 15.3. The van der Waals surface area contributed by atoms with Gasteiger partial charge < -0.3 is 0 Å². The molecule has 0 unspecified atom stereocenters. The molecule has 0 fully saturated rings. The molecule has 0 aromatic carbocycles. The summed E-state index contributed by atoms with van der Waals surface area (Å²) in [6.07, 6.45) is 1.81. The van der Waals surface area contributed by atoms with Crippen molar-refractivity contribution in [2.75, 3.05) is 13.1 Å². The molecule has 0 spiro atoms. The lowest BCUT2D eigenvalue weighted by molar-refractivity contribution is 0.578. The van der Waals surface area contributed by atoms with Gasteiger partial charge in [0.2, 0.25) is 0 Å². The summed E-state index contributed by atoms with van der Waals surface area (Å²) in [5, 5.41) is 6.03. The van der Waals surface area contributed by atoms with Crippen LogP contribution >= 0.6 is 15.1 Å². The fourth-order valence-electron chi connectivity index (χ4n) is 0.904. The van der Waals surface area contributed by atoms with E-state index in [-0.39, 0.29) is 0 Å². The van der Waals surface area contributed by atoms with Gasteiger partial charge in [-0.3, -0.25) is 31.3 Å². The molecule has 0 saturated carbocycles. The molecule has 0 aromatic heterocycles. The zero-order valence-corrected chi connectivity index (χ0v) is 11.1. The Morgan fingerprint density at radius 1 is 1.07 bits per heavy atom. The van der Waals surface area contributed by atoms with Crippen LogP contribution in [-0.4, -0.2) is 13.1 Å². The molecule has 0 radical (unpaired) electrons. The van der Waals surface area contributed by atoms with Crippen LogP contribution in [0.1, 0.15) is 26.7 Å². The Hall–Kier alpha value is 0.260. The van der Waals surface area contributed by atoms with E-state index in [0.29, 0.717) is 13.1 Å². The van der Waals surface area contributed by atoms with Crippen LogP contribution in [0.15, 0.2) is 4.52 Å². The quantitative estimate of drug-likeness (QED) is 0.430. The maximum absolute atomic E-state index is 11.2. The van der Waals surface area contributed by atoms with Gasteiger partial charge in [0.05, 0.1) is 0 Å². The second-order valence-corrected chi connectivity index (χ2v) is 7.33. The van der Waals surface area contributed by atoms with E-state index in [9.17, 15) is 4.57 Å². The standard InChI is InChI=1S/C6H22N6OP2/c1-3-5-10-15(9,11-6-4-2)12-14(7,8)13/h10-11H,3-6,9H2,1-2H3,(H4,7,8,13). The lowest BCUT2D eigenvalue weighted by Gasteiger charge is -2.22.